The molecular weight excluding hydrogens is 801 g/mol. The molecule has 0 bridgehead atoms. The fourth-order valence-electron chi connectivity index (χ4n) is 9.91. The lowest BCUT2D eigenvalue weighted by Gasteiger charge is -2.21. The summed E-state index contributed by atoms with van der Waals surface area (Å²) in [6.45, 7) is 0. The second-order valence-electron chi connectivity index (χ2n) is 16.7. The first kappa shape index (κ1) is 38.5. The number of fused-ring (bicyclic) bond motifs is 6. The van der Waals surface area contributed by atoms with Crippen LogP contribution in [-0.2, 0) is 0 Å². The number of nitrogens with zero attached hydrogens (tertiary/aromatic N) is 4. The number of rotatable bonds is 7. The third-order valence-electron chi connectivity index (χ3n) is 13.0. The molecule has 0 radical (unpaired) electrons. The van der Waals surface area contributed by atoms with Crippen LogP contribution < -0.4 is 0 Å². The second-order valence-corrected chi connectivity index (χ2v) is 16.7. The van der Waals surface area contributed by atoms with Crippen molar-refractivity contribution in [1.29, 1.82) is 10.5 Å². The molecular formula is C62H38N4. The fourth-order valence-corrected chi connectivity index (χ4v) is 9.91. The predicted octanol–water partition coefficient (Wildman–Crippen LogP) is 16.0. The van der Waals surface area contributed by atoms with Gasteiger partial charge in [-0.3, -0.25) is 0 Å². The van der Waals surface area contributed by atoms with Crippen molar-refractivity contribution in [3.8, 4) is 79.1 Å². The largest absolute Gasteiger partial charge is 0.308 e. The van der Waals surface area contributed by atoms with Crippen molar-refractivity contribution in [2.24, 2.45) is 0 Å². The zero-order valence-electron chi connectivity index (χ0n) is 35.7. The molecule has 0 aliphatic heterocycles. The van der Waals surface area contributed by atoms with Gasteiger partial charge in [-0.25, -0.2) is 0 Å². The van der Waals surface area contributed by atoms with E-state index in [-0.39, 0.29) is 0 Å². The summed E-state index contributed by atoms with van der Waals surface area (Å²) in [6, 6.07) is 85.6. The highest BCUT2D eigenvalue weighted by atomic mass is 15.0. The van der Waals surface area contributed by atoms with Crippen LogP contribution in [0.4, 0.5) is 0 Å². The van der Waals surface area contributed by atoms with Crippen LogP contribution in [0.5, 0.6) is 0 Å². The molecule has 0 N–H and O–H groups in total. The van der Waals surface area contributed by atoms with E-state index in [2.05, 4.69) is 197 Å². The van der Waals surface area contributed by atoms with Crippen LogP contribution in [0.3, 0.4) is 0 Å². The molecule has 0 aliphatic rings. The van der Waals surface area contributed by atoms with E-state index < -0.39 is 0 Å². The molecule has 66 heavy (non-hydrogen) atoms. The van der Waals surface area contributed by atoms with Crippen molar-refractivity contribution in [1.82, 2.24) is 9.13 Å². The van der Waals surface area contributed by atoms with Crippen LogP contribution in [0.1, 0.15) is 11.1 Å². The molecule has 0 unspecified atom stereocenters. The Labute approximate surface area is 382 Å². The highest BCUT2D eigenvalue weighted by Gasteiger charge is 2.27. The Morgan fingerprint density at radius 1 is 0.273 bits per heavy atom. The fraction of sp³-hybridized carbons (Fsp3) is 0. The number of benzene rings is 10. The molecule has 10 aromatic carbocycles. The average Bonchev–Trinajstić information content (AvgIpc) is 3.90. The first-order chi connectivity index (χ1) is 32.7. The smallest absolute Gasteiger partial charge is 0.104 e. The summed E-state index contributed by atoms with van der Waals surface area (Å²) in [4.78, 5) is 0. The van der Waals surface area contributed by atoms with E-state index in [9.17, 15) is 10.5 Å². The molecule has 0 fully saturated rings. The number of hydrogen-bond donors (Lipinski definition) is 0. The van der Waals surface area contributed by atoms with Gasteiger partial charge in [0.1, 0.15) is 17.7 Å². The summed E-state index contributed by atoms with van der Waals surface area (Å²) in [5.74, 6) is 0. The average molecular weight is 839 g/mol. The van der Waals surface area contributed by atoms with Gasteiger partial charge in [0.2, 0.25) is 0 Å². The lowest BCUT2D eigenvalue weighted by molar-refractivity contribution is 1.11. The van der Waals surface area contributed by atoms with Crippen molar-refractivity contribution < 1.29 is 0 Å². The summed E-state index contributed by atoms with van der Waals surface area (Å²) in [7, 11) is 0. The summed E-state index contributed by atoms with van der Waals surface area (Å²) in [5, 5.41) is 27.5. The van der Waals surface area contributed by atoms with Crippen molar-refractivity contribution in [2.75, 3.05) is 0 Å². The Bertz CT molecular complexity index is 3720. The molecule has 2 heterocycles. The Hall–Kier alpha value is -9.22. The molecule has 0 atom stereocenters. The minimum Gasteiger partial charge on any atom is -0.308 e. The third kappa shape index (κ3) is 6.28. The van der Waals surface area contributed by atoms with Gasteiger partial charge in [-0.15, -0.1) is 0 Å². The van der Waals surface area contributed by atoms with Crippen LogP contribution >= 0.6 is 0 Å². The molecule has 0 aliphatic carbocycles. The van der Waals surface area contributed by atoms with Crippen molar-refractivity contribution in [3.05, 3.63) is 242 Å². The molecule has 12 aromatic rings. The zero-order chi connectivity index (χ0) is 44.1. The monoisotopic (exact) mass is 838 g/mol. The molecule has 4 heteroatoms. The molecule has 0 amide bonds. The highest BCUT2D eigenvalue weighted by molar-refractivity contribution is 6.14. The van der Waals surface area contributed by atoms with Crippen LogP contribution in [0, 0.1) is 22.7 Å². The Balaban J connectivity index is 1.24. The van der Waals surface area contributed by atoms with E-state index in [1.807, 2.05) is 54.6 Å². The van der Waals surface area contributed by atoms with Crippen LogP contribution in [0.25, 0.3) is 111 Å². The first-order valence-electron chi connectivity index (χ1n) is 22.1. The van der Waals surface area contributed by atoms with E-state index in [4.69, 9.17) is 0 Å². The van der Waals surface area contributed by atoms with Gasteiger partial charge >= 0.3 is 0 Å². The second kappa shape index (κ2) is 15.8. The molecule has 4 nitrogen and oxygen atoms in total. The van der Waals surface area contributed by atoms with E-state index in [0.717, 1.165) is 99.2 Å². The van der Waals surface area contributed by atoms with E-state index >= 15 is 0 Å². The maximum atomic E-state index is 11.8. The van der Waals surface area contributed by atoms with Gasteiger partial charge in [-0.2, -0.15) is 10.5 Å². The summed E-state index contributed by atoms with van der Waals surface area (Å²) in [5.41, 5.74) is 16.1. The van der Waals surface area contributed by atoms with Crippen molar-refractivity contribution in [3.63, 3.8) is 0 Å². The maximum absolute atomic E-state index is 11.8. The minimum atomic E-state index is 0.401. The third-order valence-corrected chi connectivity index (χ3v) is 13.0. The Morgan fingerprint density at radius 3 is 1.03 bits per heavy atom. The van der Waals surface area contributed by atoms with Gasteiger partial charge in [-0.1, -0.05) is 188 Å². The number of nitriles is 2. The molecule has 12 rings (SSSR count). The molecule has 2 aromatic heterocycles. The van der Waals surface area contributed by atoms with Gasteiger partial charge in [0.25, 0.3) is 0 Å². The summed E-state index contributed by atoms with van der Waals surface area (Å²) < 4.78 is 4.42. The van der Waals surface area contributed by atoms with Crippen LogP contribution in [-0.4, -0.2) is 9.13 Å². The topological polar surface area (TPSA) is 57.4 Å². The van der Waals surface area contributed by atoms with E-state index in [1.54, 1.807) is 0 Å². The van der Waals surface area contributed by atoms with Crippen LogP contribution in [0.2, 0.25) is 0 Å². The SMILES string of the molecule is N#Cc1c(-c2ccccc2)cc(-n2c3cc(-c4ccccc4)ccc3c3ccc(-c4ccccc4)cc32)c(C#N)c1-n1c2ccc(-c3ccccc3)cc2c2cc(-c3ccccc3)ccc21. The van der Waals surface area contributed by atoms with Gasteiger partial charge in [-0.05, 0) is 92.5 Å². The van der Waals surface area contributed by atoms with E-state index in [1.165, 1.54) is 0 Å². The number of aromatic nitrogens is 2. The van der Waals surface area contributed by atoms with Crippen molar-refractivity contribution in [2.45, 2.75) is 0 Å². The highest BCUT2D eigenvalue weighted by Crippen LogP contribution is 2.45. The molecule has 0 spiro atoms. The summed E-state index contributed by atoms with van der Waals surface area (Å²) in [6.07, 6.45) is 0. The van der Waals surface area contributed by atoms with Gasteiger partial charge in [0, 0.05) is 27.1 Å². The lowest BCUT2D eigenvalue weighted by Crippen LogP contribution is -2.08. The maximum Gasteiger partial charge on any atom is 0.104 e. The Morgan fingerprint density at radius 2 is 0.636 bits per heavy atom. The normalized spacial score (nSPS) is 11.3. The molecule has 306 valence electrons. The van der Waals surface area contributed by atoms with E-state index in [0.29, 0.717) is 22.5 Å². The minimum absolute atomic E-state index is 0.401. The lowest BCUT2D eigenvalue weighted by atomic mass is 9.94. The van der Waals surface area contributed by atoms with Gasteiger partial charge in [0.05, 0.1) is 39.0 Å². The summed E-state index contributed by atoms with van der Waals surface area (Å²) >= 11 is 0. The van der Waals surface area contributed by atoms with Gasteiger partial charge in [0.15, 0.2) is 0 Å². The van der Waals surface area contributed by atoms with Gasteiger partial charge < -0.3 is 9.13 Å². The molecule has 0 saturated carbocycles. The molecule has 0 saturated heterocycles. The number of hydrogen-bond acceptors (Lipinski definition) is 2. The van der Waals surface area contributed by atoms with Crippen molar-refractivity contribution >= 4 is 43.6 Å². The predicted molar refractivity (Wildman–Crippen MR) is 272 cm³/mol. The standard InChI is InChI=1S/C62H38N4/c63-39-55-52(45-24-14-5-15-25-45)38-61(65-59-36-48(43-20-10-3-11-21-43)26-30-50(59)51-31-27-49(37-60(51)65)44-22-12-4-13-23-44)56(40-64)62(55)66-57-32-28-46(41-16-6-1-7-17-41)34-53(57)54-35-47(29-33-58(54)66)42-18-8-2-9-19-42/h1-38H. The Kier molecular flexibility index (Phi) is 9.23. The van der Waals surface area contributed by atoms with Crippen LogP contribution in [0.15, 0.2) is 231 Å². The zero-order valence-corrected chi connectivity index (χ0v) is 35.7. The quantitative estimate of drug-likeness (QED) is 0.161. The first-order valence-corrected chi connectivity index (χ1v) is 22.1.